The standard InChI is InChI=1S/C11H14N2OS.ClH/c1-13(9-5-3-2-4-6-9)11(14)10-7-15-8-12-10;/h2-6,10,12H,7-8H2,1H3;1H/t10-;/m1./s1. The van der Waals surface area contributed by atoms with Gasteiger partial charge < -0.3 is 4.90 Å². The second-order valence-electron chi connectivity index (χ2n) is 3.50. The number of amides is 1. The molecule has 0 aliphatic carbocycles. The number of likely N-dealkylation sites (N-methyl/N-ethyl adjacent to an activating group) is 1. The van der Waals surface area contributed by atoms with Crippen LogP contribution in [0.5, 0.6) is 0 Å². The minimum absolute atomic E-state index is 0. The molecule has 0 saturated carbocycles. The van der Waals surface area contributed by atoms with Gasteiger partial charge in [-0.2, -0.15) is 0 Å². The molecule has 1 fully saturated rings. The third kappa shape index (κ3) is 2.90. The maximum atomic E-state index is 12.0. The lowest BCUT2D eigenvalue weighted by atomic mass is 10.2. The number of nitrogens with one attached hydrogen (secondary N) is 1. The van der Waals surface area contributed by atoms with Crippen molar-refractivity contribution in [2.24, 2.45) is 0 Å². The first-order valence-corrected chi connectivity index (χ1v) is 6.08. The van der Waals surface area contributed by atoms with Crippen LogP contribution in [0, 0.1) is 0 Å². The molecule has 1 atom stereocenters. The third-order valence-corrected chi connectivity index (χ3v) is 3.43. The van der Waals surface area contributed by atoms with Crippen LogP contribution >= 0.6 is 24.2 Å². The molecule has 16 heavy (non-hydrogen) atoms. The lowest BCUT2D eigenvalue weighted by Crippen LogP contribution is -2.43. The van der Waals surface area contributed by atoms with Gasteiger partial charge >= 0.3 is 0 Å². The minimum Gasteiger partial charge on any atom is -0.314 e. The molecule has 0 bridgehead atoms. The maximum absolute atomic E-state index is 12.0. The molecular weight excluding hydrogens is 244 g/mol. The molecule has 1 amide bonds. The molecule has 0 radical (unpaired) electrons. The van der Waals surface area contributed by atoms with E-state index >= 15 is 0 Å². The number of hydrogen-bond acceptors (Lipinski definition) is 3. The Morgan fingerprint density at radius 1 is 1.44 bits per heavy atom. The van der Waals surface area contributed by atoms with E-state index in [1.54, 1.807) is 16.7 Å². The number of anilines is 1. The van der Waals surface area contributed by atoms with Crippen molar-refractivity contribution < 1.29 is 4.79 Å². The molecular formula is C11H15ClN2OS. The van der Waals surface area contributed by atoms with E-state index < -0.39 is 0 Å². The molecule has 1 aliphatic heterocycles. The smallest absolute Gasteiger partial charge is 0.244 e. The predicted octanol–water partition coefficient (Wildman–Crippen LogP) is 1.73. The van der Waals surface area contributed by atoms with Gasteiger partial charge in [-0.05, 0) is 12.1 Å². The highest BCUT2D eigenvalue weighted by molar-refractivity contribution is 7.99. The van der Waals surface area contributed by atoms with Gasteiger partial charge in [0.2, 0.25) is 5.91 Å². The Kier molecular flexibility index (Phi) is 5.12. The molecule has 0 unspecified atom stereocenters. The van der Waals surface area contributed by atoms with Crippen LogP contribution < -0.4 is 10.2 Å². The van der Waals surface area contributed by atoms with E-state index in [0.717, 1.165) is 17.3 Å². The first-order valence-electron chi connectivity index (χ1n) is 4.93. The van der Waals surface area contributed by atoms with Crippen molar-refractivity contribution >= 4 is 35.8 Å². The summed E-state index contributed by atoms with van der Waals surface area (Å²) < 4.78 is 0. The summed E-state index contributed by atoms with van der Waals surface area (Å²) >= 11 is 1.76. The zero-order chi connectivity index (χ0) is 10.7. The van der Waals surface area contributed by atoms with Gasteiger partial charge in [-0.25, -0.2) is 0 Å². The van der Waals surface area contributed by atoms with E-state index in [4.69, 9.17) is 0 Å². The second kappa shape index (κ2) is 6.13. The molecule has 5 heteroatoms. The normalized spacial score (nSPS) is 18.9. The van der Waals surface area contributed by atoms with Gasteiger partial charge in [0.15, 0.2) is 0 Å². The molecule has 1 aromatic rings. The van der Waals surface area contributed by atoms with Gasteiger partial charge in [-0.15, -0.1) is 24.2 Å². The van der Waals surface area contributed by atoms with Crippen LogP contribution in [0.25, 0.3) is 0 Å². The van der Waals surface area contributed by atoms with Crippen molar-refractivity contribution in [2.75, 3.05) is 23.6 Å². The summed E-state index contributed by atoms with van der Waals surface area (Å²) in [4.78, 5) is 13.7. The Hall–Kier alpha value is -0.710. The van der Waals surface area contributed by atoms with Crippen LogP contribution in [-0.4, -0.2) is 30.6 Å². The van der Waals surface area contributed by atoms with Crippen molar-refractivity contribution in [3.05, 3.63) is 30.3 Å². The average Bonchev–Trinajstić information content (AvgIpc) is 2.82. The number of benzene rings is 1. The minimum atomic E-state index is -0.0276. The molecule has 0 spiro atoms. The van der Waals surface area contributed by atoms with Crippen LogP contribution in [0.3, 0.4) is 0 Å². The first kappa shape index (κ1) is 13.4. The van der Waals surface area contributed by atoms with E-state index in [1.807, 2.05) is 37.4 Å². The lowest BCUT2D eigenvalue weighted by molar-refractivity contribution is -0.119. The van der Waals surface area contributed by atoms with E-state index in [-0.39, 0.29) is 24.4 Å². The summed E-state index contributed by atoms with van der Waals surface area (Å²) in [5.41, 5.74) is 0.946. The Morgan fingerprint density at radius 2 is 2.12 bits per heavy atom. The molecule has 2 rings (SSSR count). The molecule has 0 aromatic heterocycles. The van der Waals surface area contributed by atoms with Crippen molar-refractivity contribution in [3.63, 3.8) is 0 Å². The van der Waals surface area contributed by atoms with Crippen LogP contribution in [-0.2, 0) is 4.79 Å². The monoisotopic (exact) mass is 258 g/mol. The van der Waals surface area contributed by atoms with Gasteiger partial charge in [-0.3, -0.25) is 10.1 Å². The van der Waals surface area contributed by atoms with Crippen LogP contribution in [0.15, 0.2) is 30.3 Å². The average molecular weight is 259 g/mol. The highest BCUT2D eigenvalue weighted by Gasteiger charge is 2.25. The maximum Gasteiger partial charge on any atom is 0.244 e. The van der Waals surface area contributed by atoms with E-state index in [0.29, 0.717) is 0 Å². The van der Waals surface area contributed by atoms with Gasteiger partial charge in [0.1, 0.15) is 0 Å². The number of rotatable bonds is 2. The van der Waals surface area contributed by atoms with Crippen molar-refractivity contribution in [1.29, 1.82) is 0 Å². The lowest BCUT2D eigenvalue weighted by Gasteiger charge is -2.20. The zero-order valence-corrected chi connectivity index (χ0v) is 10.7. The summed E-state index contributed by atoms with van der Waals surface area (Å²) in [7, 11) is 1.82. The van der Waals surface area contributed by atoms with E-state index in [2.05, 4.69) is 5.32 Å². The number of para-hydroxylation sites is 1. The summed E-state index contributed by atoms with van der Waals surface area (Å²) in [6.07, 6.45) is 0. The highest BCUT2D eigenvalue weighted by Crippen LogP contribution is 2.16. The molecule has 1 heterocycles. The fourth-order valence-corrected chi connectivity index (χ4v) is 2.50. The fraction of sp³-hybridized carbons (Fsp3) is 0.364. The SMILES string of the molecule is CN(C(=O)[C@H]1CSCN1)c1ccccc1.Cl. The van der Waals surface area contributed by atoms with Crippen molar-refractivity contribution in [3.8, 4) is 0 Å². The van der Waals surface area contributed by atoms with Crippen LogP contribution in [0.1, 0.15) is 0 Å². The molecule has 1 saturated heterocycles. The Balaban J connectivity index is 0.00000128. The number of hydrogen-bond donors (Lipinski definition) is 1. The number of halogens is 1. The topological polar surface area (TPSA) is 32.3 Å². The number of carbonyl (C=O) groups is 1. The second-order valence-corrected chi connectivity index (χ2v) is 4.53. The summed E-state index contributed by atoms with van der Waals surface area (Å²) in [6.45, 7) is 0. The Morgan fingerprint density at radius 3 is 2.69 bits per heavy atom. The Labute approximate surface area is 106 Å². The summed E-state index contributed by atoms with van der Waals surface area (Å²) in [6, 6.07) is 9.69. The molecule has 88 valence electrons. The zero-order valence-electron chi connectivity index (χ0n) is 9.05. The van der Waals surface area contributed by atoms with Crippen molar-refractivity contribution in [1.82, 2.24) is 5.32 Å². The van der Waals surface area contributed by atoms with Crippen LogP contribution in [0.4, 0.5) is 5.69 Å². The van der Waals surface area contributed by atoms with Gasteiger partial charge in [-0.1, -0.05) is 18.2 Å². The molecule has 1 N–H and O–H groups in total. The molecule has 1 aliphatic rings. The summed E-state index contributed by atoms with van der Waals surface area (Å²) in [5, 5.41) is 3.18. The fourth-order valence-electron chi connectivity index (χ4n) is 1.57. The van der Waals surface area contributed by atoms with Crippen molar-refractivity contribution in [2.45, 2.75) is 6.04 Å². The van der Waals surface area contributed by atoms with Gasteiger partial charge in [0.25, 0.3) is 0 Å². The van der Waals surface area contributed by atoms with Gasteiger partial charge in [0.05, 0.1) is 6.04 Å². The van der Waals surface area contributed by atoms with E-state index in [9.17, 15) is 4.79 Å². The third-order valence-electron chi connectivity index (χ3n) is 2.49. The predicted molar refractivity (Wildman–Crippen MR) is 71.3 cm³/mol. The van der Waals surface area contributed by atoms with Gasteiger partial charge in [0, 0.05) is 24.4 Å². The largest absolute Gasteiger partial charge is 0.314 e. The number of nitrogens with zero attached hydrogens (tertiary/aromatic N) is 1. The number of carbonyl (C=O) groups excluding carboxylic acids is 1. The number of thioether (sulfide) groups is 1. The summed E-state index contributed by atoms with van der Waals surface area (Å²) in [5.74, 6) is 1.89. The van der Waals surface area contributed by atoms with Crippen LogP contribution in [0.2, 0.25) is 0 Å². The van der Waals surface area contributed by atoms with E-state index in [1.165, 1.54) is 0 Å². The highest BCUT2D eigenvalue weighted by atomic mass is 35.5. The first-order chi connectivity index (χ1) is 7.29. The Bertz CT molecular complexity index is 341. The molecule has 3 nitrogen and oxygen atoms in total. The molecule has 1 aromatic carbocycles. The quantitative estimate of drug-likeness (QED) is 0.877.